The number of imide groups is 1. The highest BCUT2D eigenvalue weighted by Crippen LogP contribution is 2.22. The van der Waals surface area contributed by atoms with E-state index in [1.807, 2.05) is 17.5 Å². The molecular weight excluding hydrogens is 333 g/mol. The van der Waals surface area contributed by atoms with E-state index >= 15 is 0 Å². The lowest BCUT2D eigenvalue weighted by atomic mass is 10.2. The van der Waals surface area contributed by atoms with Gasteiger partial charge in [-0.1, -0.05) is 6.07 Å². The van der Waals surface area contributed by atoms with Crippen LogP contribution in [0.15, 0.2) is 41.8 Å². The second-order valence-corrected chi connectivity index (χ2v) is 6.28. The Morgan fingerprint density at radius 1 is 1.25 bits per heavy atom. The number of nitrogens with zero attached hydrogens (tertiary/aromatic N) is 1. The zero-order chi connectivity index (χ0) is 17.1. The minimum atomic E-state index is -0.838. The van der Waals surface area contributed by atoms with E-state index in [-0.39, 0.29) is 18.7 Å². The molecule has 0 aliphatic carbocycles. The van der Waals surface area contributed by atoms with Crippen molar-refractivity contribution in [3.63, 3.8) is 0 Å². The van der Waals surface area contributed by atoms with Gasteiger partial charge in [0.05, 0.1) is 18.5 Å². The molecule has 0 saturated carbocycles. The molecule has 24 heavy (non-hydrogen) atoms. The van der Waals surface area contributed by atoms with Crippen molar-refractivity contribution >= 4 is 34.7 Å². The molecule has 2 heterocycles. The van der Waals surface area contributed by atoms with Gasteiger partial charge in [0.25, 0.3) is 5.91 Å². The Balaban J connectivity index is 1.59. The van der Waals surface area contributed by atoms with Crippen LogP contribution in [0.5, 0.6) is 0 Å². The van der Waals surface area contributed by atoms with Crippen LogP contribution in [0, 0.1) is 5.82 Å². The first kappa shape index (κ1) is 16.3. The molecule has 0 bridgehead atoms. The summed E-state index contributed by atoms with van der Waals surface area (Å²) in [5, 5.41) is 1.87. The van der Waals surface area contributed by atoms with Gasteiger partial charge >= 0.3 is 0 Å². The monoisotopic (exact) mass is 347 g/mol. The Morgan fingerprint density at radius 3 is 2.67 bits per heavy atom. The van der Waals surface area contributed by atoms with E-state index in [4.69, 9.17) is 0 Å². The summed E-state index contributed by atoms with van der Waals surface area (Å²) in [6, 6.07) is 7.94. The number of amides is 3. The third-order valence-corrected chi connectivity index (χ3v) is 4.41. The van der Waals surface area contributed by atoms with E-state index in [0.717, 1.165) is 9.78 Å². The van der Waals surface area contributed by atoms with Crippen LogP contribution in [-0.4, -0.2) is 23.8 Å². The highest BCUT2D eigenvalue weighted by atomic mass is 32.1. The van der Waals surface area contributed by atoms with E-state index in [1.54, 1.807) is 0 Å². The SMILES string of the molecule is O=C(Cc1cccs1)NN[C@H]1CC(=O)N(c2ccc(F)cc2)C1=O. The van der Waals surface area contributed by atoms with Gasteiger partial charge in [-0.3, -0.25) is 19.8 Å². The molecule has 3 amide bonds. The summed E-state index contributed by atoms with van der Waals surface area (Å²) in [6.07, 6.45) is 0.122. The van der Waals surface area contributed by atoms with Crippen LogP contribution in [0.1, 0.15) is 11.3 Å². The maximum Gasteiger partial charge on any atom is 0.253 e. The third-order valence-electron chi connectivity index (χ3n) is 3.53. The van der Waals surface area contributed by atoms with E-state index in [9.17, 15) is 18.8 Å². The van der Waals surface area contributed by atoms with Crippen molar-refractivity contribution in [1.82, 2.24) is 10.9 Å². The van der Waals surface area contributed by atoms with Crippen LogP contribution in [0.3, 0.4) is 0 Å². The lowest BCUT2D eigenvalue weighted by Gasteiger charge is -2.15. The normalized spacial score (nSPS) is 17.4. The number of benzene rings is 1. The quantitative estimate of drug-likeness (QED) is 0.633. The predicted molar refractivity (Wildman–Crippen MR) is 86.6 cm³/mol. The largest absolute Gasteiger partial charge is 0.291 e. The van der Waals surface area contributed by atoms with Crippen molar-refractivity contribution in [2.24, 2.45) is 0 Å². The molecule has 0 unspecified atom stereocenters. The van der Waals surface area contributed by atoms with Crippen LogP contribution in [-0.2, 0) is 20.8 Å². The summed E-state index contributed by atoms with van der Waals surface area (Å²) < 4.78 is 13.0. The van der Waals surface area contributed by atoms with Crippen LogP contribution < -0.4 is 15.8 Å². The maximum atomic E-state index is 13.0. The van der Waals surface area contributed by atoms with Crippen LogP contribution in [0.25, 0.3) is 0 Å². The van der Waals surface area contributed by atoms with Gasteiger partial charge in [0.2, 0.25) is 11.8 Å². The molecule has 3 rings (SSSR count). The van der Waals surface area contributed by atoms with E-state index in [0.29, 0.717) is 5.69 Å². The average molecular weight is 347 g/mol. The highest BCUT2D eigenvalue weighted by molar-refractivity contribution is 7.10. The van der Waals surface area contributed by atoms with Crippen LogP contribution in [0.4, 0.5) is 10.1 Å². The first-order valence-corrected chi connectivity index (χ1v) is 8.11. The van der Waals surface area contributed by atoms with E-state index in [1.165, 1.54) is 35.6 Å². The first-order valence-electron chi connectivity index (χ1n) is 7.23. The number of anilines is 1. The lowest BCUT2D eigenvalue weighted by molar-refractivity contribution is -0.122. The van der Waals surface area contributed by atoms with Gasteiger partial charge in [-0.25, -0.2) is 14.7 Å². The Bertz CT molecular complexity index is 761. The number of hydrogen-bond donors (Lipinski definition) is 2. The predicted octanol–water partition coefficient (Wildman–Crippen LogP) is 1.38. The van der Waals surface area contributed by atoms with Gasteiger partial charge in [0.15, 0.2) is 0 Å². The summed E-state index contributed by atoms with van der Waals surface area (Å²) in [7, 11) is 0. The second kappa shape index (κ2) is 6.90. The molecule has 1 fully saturated rings. The molecule has 1 aliphatic heterocycles. The molecule has 1 aliphatic rings. The van der Waals surface area contributed by atoms with Gasteiger partial charge in [0.1, 0.15) is 11.9 Å². The van der Waals surface area contributed by atoms with E-state index in [2.05, 4.69) is 10.9 Å². The van der Waals surface area contributed by atoms with Crippen molar-refractivity contribution in [2.45, 2.75) is 18.9 Å². The van der Waals surface area contributed by atoms with Gasteiger partial charge in [-0.15, -0.1) is 11.3 Å². The third kappa shape index (κ3) is 3.50. The fourth-order valence-corrected chi connectivity index (χ4v) is 3.09. The zero-order valence-electron chi connectivity index (χ0n) is 12.5. The molecule has 124 valence electrons. The molecular formula is C16H14FN3O3S. The minimum absolute atomic E-state index is 0.0739. The highest BCUT2D eigenvalue weighted by Gasteiger charge is 2.39. The van der Waals surface area contributed by atoms with Gasteiger partial charge in [-0.2, -0.15) is 0 Å². The molecule has 2 aromatic rings. The van der Waals surface area contributed by atoms with Crippen molar-refractivity contribution < 1.29 is 18.8 Å². The average Bonchev–Trinajstić information content (AvgIpc) is 3.15. The fraction of sp³-hybridized carbons (Fsp3) is 0.188. The Morgan fingerprint density at radius 2 is 2.00 bits per heavy atom. The van der Waals surface area contributed by atoms with Gasteiger partial charge in [0, 0.05) is 4.88 Å². The Kier molecular flexibility index (Phi) is 4.68. The molecule has 1 saturated heterocycles. The first-order chi connectivity index (χ1) is 11.5. The van der Waals surface area contributed by atoms with Crippen molar-refractivity contribution in [3.05, 3.63) is 52.5 Å². The molecule has 2 N–H and O–H groups in total. The number of halogens is 1. The smallest absolute Gasteiger partial charge is 0.253 e. The number of nitrogens with one attached hydrogen (secondary N) is 2. The standard InChI is InChI=1S/C16H14FN3O3S/c17-10-3-5-11(6-4-10)20-15(22)9-13(16(20)23)18-19-14(21)8-12-2-1-7-24-12/h1-7,13,18H,8-9H2,(H,19,21)/t13-/m0/s1. The fourth-order valence-electron chi connectivity index (χ4n) is 2.39. The second-order valence-electron chi connectivity index (χ2n) is 5.25. The molecule has 1 aromatic heterocycles. The molecule has 1 aromatic carbocycles. The molecule has 0 radical (unpaired) electrons. The van der Waals surface area contributed by atoms with E-state index < -0.39 is 23.7 Å². The zero-order valence-corrected chi connectivity index (χ0v) is 13.3. The molecule has 0 spiro atoms. The lowest BCUT2D eigenvalue weighted by Crippen LogP contribution is -2.48. The molecule has 8 heteroatoms. The molecule has 1 atom stereocenters. The van der Waals surface area contributed by atoms with Crippen LogP contribution >= 0.6 is 11.3 Å². The van der Waals surface area contributed by atoms with Crippen molar-refractivity contribution in [1.29, 1.82) is 0 Å². The van der Waals surface area contributed by atoms with Crippen molar-refractivity contribution in [3.8, 4) is 0 Å². The summed E-state index contributed by atoms with van der Waals surface area (Å²) in [6.45, 7) is 0. The Labute approximate surface area is 141 Å². The number of carbonyl (C=O) groups excluding carboxylic acids is 3. The minimum Gasteiger partial charge on any atom is -0.291 e. The summed E-state index contributed by atoms with van der Waals surface area (Å²) in [5.41, 5.74) is 5.36. The summed E-state index contributed by atoms with van der Waals surface area (Å²) in [4.78, 5) is 38.1. The van der Waals surface area contributed by atoms with Gasteiger partial charge in [-0.05, 0) is 35.7 Å². The number of hydrogen-bond acceptors (Lipinski definition) is 5. The van der Waals surface area contributed by atoms with Crippen LogP contribution in [0.2, 0.25) is 0 Å². The topological polar surface area (TPSA) is 78.5 Å². The number of thiophene rings is 1. The van der Waals surface area contributed by atoms with Gasteiger partial charge < -0.3 is 0 Å². The Hall–Kier alpha value is -2.58. The molecule has 6 nitrogen and oxygen atoms in total. The van der Waals surface area contributed by atoms with Crippen molar-refractivity contribution in [2.75, 3.05) is 4.90 Å². The summed E-state index contributed by atoms with van der Waals surface area (Å²) in [5.74, 6) is -1.63. The maximum absolute atomic E-state index is 13.0. The number of hydrazine groups is 1. The number of carbonyl (C=O) groups is 3. The number of rotatable bonds is 5. The summed E-state index contributed by atoms with van der Waals surface area (Å²) >= 11 is 1.46.